The lowest BCUT2D eigenvalue weighted by molar-refractivity contribution is 0.0935. The Balaban J connectivity index is 1.46. The van der Waals surface area contributed by atoms with Gasteiger partial charge in [-0.3, -0.25) is 9.69 Å². The minimum Gasteiger partial charge on any atom is -0.454 e. The molecular formula is C21H18ClN5O4S. The molecule has 0 aliphatic carbocycles. The first-order valence-corrected chi connectivity index (χ1v) is 11.4. The van der Waals surface area contributed by atoms with Crippen molar-refractivity contribution in [2.24, 2.45) is 0 Å². The number of carbonyl (C=O) groups excluding carboxylic acids is 2. The molecule has 3 aliphatic heterocycles. The number of carbonyl (C=O) groups is 2. The highest BCUT2D eigenvalue weighted by Crippen LogP contribution is 2.52. The summed E-state index contributed by atoms with van der Waals surface area (Å²) in [7, 11) is 0. The van der Waals surface area contributed by atoms with Crippen molar-refractivity contribution in [2.45, 2.75) is 18.9 Å². The molecule has 3 aromatic rings. The van der Waals surface area contributed by atoms with E-state index in [1.54, 1.807) is 24.4 Å². The first-order valence-electron chi connectivity index (χ1n) is 10.2. The number of halogens is 1. The Hall–Kier alpha value is -3.08. The molecule has 2 aromatic heterocycles. The number of nitrogens with zero attached hydrogens (tertiary/aromatic N) is 2. The zero-order valence-electron chi connectivity index (χ0n) is 16.7. The Morgan fingerprint density at radius 3 is 3.06 bits per heavy atom. The second-order valence-electron chi connectivity index (χ2n) is 7.73. The molecule has 1 saturated heterocycles. The van der Waals surface area contributed by atoms with Crippen LogP contribution >= 0.6 is 22.9 Å². The molecule has 3 aliphatic rings. The van der Waals surface area contributed by atoms with Crippen LogP contribution in [0.2, 0.25) is 5.02 Å². The Labute approximate surface area is 191 Å². The summed E-state index contributed by atoms with van der Waals surface area (Å²) in [6, 6.07) is 4.71. The van der Waals surface area contributed by atoms with Gasteiger partial charge in [-0.15, -0.1) is 11.3 Å². The number of anilines is 3. The number of ether oxygens (including phenoxy) is 2. The number of hydrogen-bond acceptors (Lipinski definition) is 7. The Kier molecular flexibility index (Phi) is 4.60. The highest BCUT2D eigenvalue weighted by molar-refractivity contribution is 7.21. The highest BCUT2D eigenvalue weighted by Gasteiger charge is 2.37. The maximum absolute atomic E-state index is 13.3. The molecular weight excluding hydrogens is 454 g/mol. The third-order valence-corrected chi connectivity index (χ3v) is 7.17. The molecule has 32 heavy (non-hydrogen) atoms. The van der Waals surface area contributed by atoms with Crippen molar-refractivity contribution in [1.82, 2.24) is 15.6 Å². The highest BCUT2D eigenvalue weighted by atomic mass is 35.5. The van der Waals surface area contributed by atoms with Gasteiger partial charge in [-0.2, -0.15) is 0 Å². The first kappa shape index (κ1) is 19.6. The predicted molar refractivity (Wildman–Crippen MR) is 122 cm³/mol. The van der Waals surface area contributed by atoms with E-state index in [0.717, 1.165) is 25.9 Å². The van der Waals surface area contributed by atoms with Crippen molar-refractivity contribution < 1.29 is 19.1 Å². The number of fused-ring (bicyclic) bond motifs is 1. The van der Waals surface area contributed by atoms with Gasteiger partial charge in [-0.1, -0.05) is 11.6 Å². The fraction of sp³-hybridized carbons (Fsp3) is 0.286. The molecule has 11 heteroatoms. The normalized spacial score (nSPS) is 19.2. The van der Waals surface area contributed by atoms with Crippen LogP contribution in [0.15, 0.2) is 24.4 Å². The van der Waals surface area contributed by atoms with Gasteiger partial charge in [0.1, 0.15) is 15.4 Å². The van der Waals surface area contributed by atoms with Crippen molar-refractivity contribution in [1.29, 1.82) is 0 Å². The molecule has 3 N–H and O–H groups in total. The van der Waals surface area contributed by atoms with Crippen LogP contribution in [0.25, 0.3) is 10.2 Å². The molecule has 164 valence electrons. The fourth-order valence-corrected chi connectivity index (χ4v) is 5.59. The largest absolute Gasteiger partial charge is 0.454 e. The molecule has 3 amide bonds. The summed E-state index contributed by atoms with van der Waals surface area (Å²) in [5, 5.41) is 10.3. The number of nitrogens with one attached hydrogen (secondary N) is 3. The lowest BCUT2D eigenvalue weighted by Crippen LogP contribution is -2.45. The molecule has 9 nitrogen and oxygen atoms in total. The molecule has 1 atom stereocenters. The van der Waals surface area contributed by atoms with Crippen LogP contribution in [-0.4, -0.2) is 42.8 Å². The maximum Gasteiger partial charge on any atom is 0.331 e. The van der Waals surface area contributed by atoms with Crippen LogP contribution in [-0.2, 0) is 0 Å². The summed E-state index contributed by atoms with van der Waals surface area (Å²) in [6.45, 7) is 1.74. The van der Waals surface area contributed by atoms with Gasteiger partial charge in [-0.05, 0) is 37.6 Å². The van der Waals surface area contributed by atoms with Crippen LogP contribution in [0.1, 0.15) is 22.5 Å². The van der Waals surface area contributed by atoms with Crippen LogP contribution < -0.4 is 30.3 Å². The van der Waals surface area contributed by atoms with E-state index < -0.39 is 6.03 Å². The van der Waals surface area contributed by atoms with Gasteiger partial charge in [0.05, 0.1) is 21.8 Å². The zero-order chi connectivity index (χ0) is 21.8. The molecule has 6 rings (SSSR count). The van der Waals surface area contributed by atoms with Crippen LogP contribution in [0.3, 0.4) is 0 Å². The summed E-state index contributed by atoms with van der Waals surface area (Å²) in [5.74, 6) is 0.700. The third kappa shape index (κ3) is 2.98. The third-order valence-electron chi connectivity index (χ3n) is 5.77. The van der Waals surface area contributed by atoms with Crippen molar-refractivity contribution >= 4 is 62.2 Å². The lowest BCUT2D eigenvalue weighted by Gasteiger charge is -2.29. The molecule has 1 aromatic carbocycles. The van der Waals surface area contributed by atoms with Gasteiger partial charge < -0.3 is 25.4 Å². The van der Waals surface area contributed by atoms with Crippen LogP contribution in [0, 0.1) is 0 Å². The molecule has 0 spiro atoms. The lowest BCUT2D eigenvalue weighted by atomic mass is 10.1. The average molecular weight is 472 g/mol. The SMILES string of the molecule is O=C(N[C@@H]1CCCNC1)c1sc2nccc3c2c1NC(=O)N3c1c(Cl)ccc2c1OCO2. The number of amides is 3. The van der Waals surface area contributed by atoms with Gasteiger partial charge >= 0.3 is 6.03 Å². The van der Waals surface area contributed by atoms with Crippen LogP contribution in [0.5, 0.6) is 11.5 Å². The van der Waals surface area contributed by atoms with Crippen molar-refractivity contribution in [3.05, 3.63) is 34.3 Å². The number of piperidine rings is 1. The van der Waals surface area contributed by atoms with Gasteiger partial charge in [-0.25, -0.2) is 9.78 Å². The van der Waals surface area contributed by atoms with E-state index in [0.29, 0.717) is 48.7 Å². The van der Waals surface area contributed by atoms with Crippen molar-refractivity contribution in [2.75, 3.05) is 30.1 Å². The summed E-state index contributed by atoms with van der Waals surface area (Å²) in [4.78, 5) is 33.4. The Morgan fingerprint density at radius 2 is 2.22 bits per heavy atom. The van der Waals surface area contributed by atoms with E-state index in [1.165, 1.54) is 16.2 Å². The van der Waals surface area contributed by atoms with Crippen molar-refractivity contribution in [3.63, 3.8) is 0 Å². The molecule has 5 heterocycles. The topological polar surface area (TPSA) is 105 Å². The summed E-state index contributed by atoms with van der Waals surface area (Å²) in [6.07, 6.45) is 3.54. The Bertz CT molecular complexity index is 1270. The summed E-state index contributed by atoms with van der Waals surface area (Å²) < 4.78 is 11.1. The monoisotopic (exact) mass is 471 g/mol. The maximum atomic E-state index is 13.3. The van der Waals surface area contributed by atoms with E-state index in [-0.39, 0.29) is 18.7 Å². The molecule has 0 saturated carbocycles. The number of thiophene rings is 1. The number of aromatic nitrogens is 1. The fourth-order valence-electron chi connectivity index (χ4n) is 4.33. The number of rotatable bonds is 3. The van der Waals surface area contributed by atoms with Gasteiger partial charge in [0.2, 0.25) is 6.79 Å². The Morgan fingerprint density at radius 1 is 1.31 bits per heavy atom. The second kappa shape index (κ2) is 7.51. The first-order chi connectivity index (χ1) is 15.6. The van der Waals surface area contributed by atoms with Gasteiger partial charge in [0.25, 0.3) is 5.91 Å². The minimum atomic E-state index is -0.442. The number of benzene rings is 1. The minimum absolute atomic E-state index is 0.0495. The second-order valence-corrected chi connectivity index (χ2v) is 9.13. The van der Waals surface area contributed by atoms with Gasteiger partial charge in [0.15, 0.2) is 11.5 Å². The van der Waals surface area contributed by atoms with E-state index in [1.807, 2.05) is 0 Å². The molecule has 0 unspecified atom stereocenters. The number of hydrogen-bond donors (Lipinski definition) is 3. The molecule has 0 radical (unpaired) electrons. The molecule has 1 fully saturated rings. The number of urea groups is 1. The van der Waals surface area contributed by atoms with E-state index in [4.69, 9.17) is 21.1 Å². The quantitative estimate of drug-likeness (QED) is 0.536. The average Bonchev–Trinajstić information content (AvgIpc) is 3.41. The smallest absolute Gasteiger partial charge is 0.331 e. The van der Waals surface area contributed by atoms with E-state index in [2.05, 4.69) is 20.9 Å². The van der Waals surface area contributed by atoms with E-state index in [9.17, 15) is 9.59 Å². The summed E-state index contributed by atoms with van der Waals surface area (Å²) >= 11 is 7.75. The van der Waals surface area contributed by atoms with Crippen LogP contribution in [0.4, 0.5) is 21.9 Å². The number of pyridine rings is 1. The zero-order valence-corrected chi connectivity index (χ0v) is 18.3. The van der Waals surface area contributed by atoms with E-state index >= 15 is 0 Å². The van der Waals surface area contributed by atoms with Crippen molar-refractivity contribution in [3.8, 4) is 11.5 Å². The molecule has 0 bridgehead atoms. The standard InChI is InChI=1S/C21H18ClN5O4S/c22-11-3-4-13-17(31-9-30-13)16(11)27-12-5-7-24-20-14(12)15(26-21(27)29)18(32-20)19(28)25-10-2-1-6-23-8-10/h3-5,7,10,23H,1-2,6,8-9H2,(H,25,28)(H,26,29)/t10-/m1/s1. The summed E-state index contributed by atoms with van der Waals surface area (Å²) in [5.41, 5.74) is 1.44. The van der Waals surface area contributed by atoms with Gasteiger partial charge in [0, 0.05) is 18.8 Å². The predicted octanol–water partition coefficient (Wildman–Crippen LogP) is 3.84.